The molecule has 2 nitrogen and oxygen atoms in total. The minimum atomic E-state index is 0.491. The third-order valence-electron chi connectivity index (χ3n) is 2.66. The lowest BCUT2D eigenvalue weighted by Gasteiger charge is -2.08. The van der Waals surface area contributed by atoms with Gasteiger partial charge in [0.15, 0.2) is 0 Å². The lowest BCUT2D eigenvalue weighted by Crippen LogP contribution is -2.04. The molecule has 2 rings (SSSR count). The predicted octanol–water partition coefficient (Wildman–Crippen LogP) is 3.64. The zero-order chi connectivity index (χ0) is 12.8. The van der Waals surface area contributed by atoms with Gasteiger partial charge in [0.25, 0.3) is 0 Å². The number of nitrogens with one attached hydrogen (secondary N) is 1. The Kier molecular flexibility index (Phi) is 4.62. The van der Waals surface area contributed by atoms with E-state index in [-0.39, 0.29) is 0 Å². The maximum atomic E-state index is 6.07. The standard InChI is InChI=1S/C15H16ClNO/c1-17-10-12-6-8-14(9-7-12)18-11-13-4-2-3-5-15(13)16/h2-9,17H,10-11H2,1H3. The minimum Gasteiger partial charge on any atom is -0.489 e. The number of hydrogen-bond donors (Lipinski definition) is 1. The van der Waals surface area contributed by atoms with Crippen LogP contribution in [0, 0.1) is 0 Å². The van der Waals surface area contributed by atoms with E-state index >= 15 is 0 Å². The number of halogens is 1. The third-order valence-corrected chi connectivity index (χ3v) is 3.03. The van der Waals surface area contributed by atoms with Crippen LogP contribution in [-0.4, -0.2) is 7.05 Å². The molecule has 0 heterocycles. The fourth-order valence-corrected chi connectivity index (χ4v) is 1.87. The van der Waals surface area contributed by atoms with Crippen LogP contribution in [0.3, 0.4) is 0 Å². The van der Waals surface area contributed by atoms with Crippen molar-refractivity contribution in [1.82, 2.24) is 5.32 Å². The Morgan fingerprint density at radius 1 is 1.06 bits per heavy atom. The lowest BCUT2D eigenvalue weighted by atomic mass is 10.2. The first kappa shape index (κ1) is 12.9. The highest BCUT2D eigenvalue weighted by atomic mass is 35.5. The van der Waals surface area contributed by atoms with Gasteiger partial charge in [0, 0.05) is 17.1 Å². The zero-order valence-corrected chi connectivity index (χ0v) is 11.1. The molecule has 2 aromatic rings. The van der Waals surface area contributed by atoms with Crippen LogP contribution < -0.4 is 10.1 Å². The molecule has 0 fully saturated rings. The summed E-state index contributed by atoms with van der Waals surface area (Å²) in [4.78, 5) is 0. The molecule has 1 N–H and O–H groups in total. The topological polar surface area (TPSA) is 21.3 Å². The van der Waals surface area contributed by atoms with E-state index in [9.17, 15) is 0 Å². The van der Waals surface area contributed by atoms with E-state index in [1.807, 2.05) is 43.4 Å². The fraction of sp³-hybridized carbons (Fsp3) is 0.200. The molecule has 0 saturated carbocycles. The van der Waals surface area contributed by atoms with Gasteiger partial charge in [0.1, 0.15) is 12.4 Å². The Hall–Kier alpha value is -1.51. The summed E-state index contributed by atoms with van der Waals surface area (Å²) in [6, 6.07) is 15.8. The van der Waals surface area contributed by atoms with Crippen molar-refractivity contribution in [3.63, 3.8) is 0 Å². The van der Waals surface area contributed by atoms with Crippen LogP contribution in [-0.2, 0) is 13.2 Å². The first-order chi connectivity index (χ1) is 8.79. The number of benzene rings is 2. The van der Waals surface area contributed by atoms with Gasteiger partial charge in [-0.1, -0.05) is 41.9 Å². The quantitative estimate of drug-likeness (QED) is 0.887. The van der Waals surface area contributed by atoms with Gasteiger partial charge in [0.2, 0.25) is 0 Å². The Morgan fingerprint density at radius 2 is 1.78 bits per heavy atom. The van der Waals surface area contributed by atoms with Crippen molar-refractivity contribution in [2.45, 2.75) is 13.2 Å². The van der Waals surface area contributed by atoms with Crippen molar-refractivity contribution in [3.8, 4) is 5.75 Å². The summed E-state index contributed by atoms with van der Waals surface area (Å²) >= 11 is 6.07. The zero-order valence-electron chi connectivity index (χ0n) is 10.3. The molecule has 0 unspecified atom stereocenters. The van der Waals surface area contributed by atoms with Crippen LogP contribution in [0.1, 0.15) is 11.1 Å². The normalized spacial score (nSPS) is 10.3. The molecule has 0 saturated heterocycles. The summed E-state index contributed by atoms with van der Waals surface area (Å²) in [6.07, 6.45) is 0. The molecule has 0 aliphatic rings. The molecule has 3 heteroatoms. The van der Waals surface area contributed by atoms with Gasteiger partial charge in [-0.3, -0.25) is 0 Å². The lowest BCUT2D eigenvalue weighted by molar-refractivity contribution is 0.306. The van der Waals surface area contributed by atoms with Crippen molar-refractivity contribution >= 4 is 11.6 Å². The summed E-state index contributed by atoms with van der Waals surface area (Å²) in [5.41, 5.74) is 2.24. The van der Waals surface area contributed by atoms with Crippen molar-refractivity contribution < 1.29 is 4.74 Å². The fourth-order valence-electron chi connectivity index (χ4n) is 1.68. The number of ether oxygens (including phenoxy) is 1. The summed E-state index contributed by atoms with van der Waals surface area (Å²) in [6.45, 7) is 1.36. The van der Waals surface area contributed by atoms with Gasteiger partial charge in [-0.2, -0.15) is 0 Å². The van der Waals surface area contributed by atoms with Crippen LogP contribution in [0.4, 0.5) is 0 Å². The molecule has 0 aliphatic carbocycles. The molecule has 0 aromatic heterocycles. The maximum Gasteiger partial charge on any atom is 0.119 e. The molecular formula is C15H16ClNO. The minimum absolute atomic E-state index is 0.491. The Labute approximate surface area is 113 Å². The van der Waals surface area contributed by atoms with Gasteiger partial charge >= 0.3 is 0 Å². The number of rotatable bonds is 5. The largest absolute Gasteiger partial charge is 0.489 e. The van der Waals surface area contributed by atoms with Crippen molar-refractivity contribution in [2.24, 2.45) is 0 Å². The molecule has 0 radical (unpaired) electrons. The van der Waals surface area contributed by atoms with E-state index in [1.165, 1.54) is 5.56 Å². The van der Waals surface area contributed by atoms with Crippen molar-refractivity contribution in [1.29, 1.82) is 0 Å². The van der Waals surface area contributed by atoms with E-state index in [0.717, 1.165) is 22.9 Å². The predicted molar refractivity (Wildman–Crippen MR) is 75.0 cm³/mol. The average molecular weight is 262 g/mol. The monoisotopic (exact) mass is 261 g/mol. The first-order valence-corrected chi connectivity index (χ1v) is 6.27. The van der Waals surface area contributed by atoms with Crippen LogP contribution >= 0.6 is 11.6 Å². The summed E-state index contributed by atoms with van der Waals surface area (Å²) < 4.78 is 5.70. The molecule has 0 aliphatic heterocycles. The molecular weight excluding hydrogens is 246 g/mol. The maximum absolute atomic E-state index is 6.07. The van der Waals surface area contributed by atoms with E-state index in [0.29, 0.717) is 6.61 Å². The van der Waals surface area contributed by atoms with Crippen LogP contribution in [0.15, 0.2) is 48.5 Å². The van der Waals surface area contributed by atoms with Crippen LogP contribution in [0.25, 0.3) is 0 Å². The van der Waals surface area contributed by atoms with Gasteiger partial charge in [-0.15, -0.1) is 0 Å². The van der Waals surface area contributed by atoms with Gasteiger partial charge in [-0.05, 0) is 30.8 Å². The smallest absolute Gasteiger partial charge is 0.119 e. The van der Waals surface area contributed by atoms with Gasteiger partial charge in [0.05, 0.1) is 0 Å². The van der Waals surface area contributed by atoms with E-state index in [4.69, 9.17) is 16.3 Å². The first-order valence-electron chi connectivity index (χ1n) is 5.89. The summed E-state index contributed by atoms with van der Waals surface area (Å²) in [5.74, 6) is 0.856. The SMILES string of the molecule is CNCc1ccc(OCc2ccccc2Cl)cc1. The molecule has 18 heavy (non-hydrogen) atoms. The van der Waals surface area contributed by atoms with Gasteiger partial charge in [-0.25, -0.2) is 0 Å². The molecule has 0 amide bonds. The highest BCUT2D eigenvalue weighted by molar-refractivity contribution is 6.31. The third kappa shape index (κ3) is 3.49. The molecule has 94 valence electrons. The summed E-state index contributed by atoms with van der Waals surface area (Å²) in [7, 11) is 1.93. The molecule has 2 aromatic carbocycles. The van der Waals surface area contributed by atoms with Gasteiger partial charge < -0.3 is 10.1 Å². The van der Waals surface area contributed by atoms with Crippen LogP contribution in [0.5, 0.6) is 5.75 Å². The molecule has 0 bridgehead atoms. The molecule has 0 spiro atoms. The molecule has 0 atom stereocenters. The summed E-state index contributed by atoms with van der Waals surface area (Å²) in [5, 5.41) is 3.85. The average Bonchev–Trinajstić information content (AvgIpc) is 2.40. The van der Waals surface area contributed by atoms with Crippen LogP contribution in [0.2, 0.25) is 5.02 Å². The second-order valence-corrected chi connectivity index (χ2v) is 4.46. The highest BCUT2D eigenvalue weighted by Crippen LogP contribution is 2.18. The van der Waals surface area contributed by atoms with E-state index in [2.05, 4.69) is 17.4 Å². The number of hydrogen-bond acceptors (Lipinski definition) is 2. The highest BCUT2D eigenvalue weighted by Gasteiger charge is 2.00. The van der Waals surface area contributed by atoms with E-state index < -0.39 is 0 Å². The Morgan fingerprint density at radius 3 is 2.44 bits per heavy atom. The second-order valence-electron chi connectivity index (χ2n) is 4.05. The van der Waals surface area contributed by atoms with Crippen molar-refractivity contribution in [3.05, 3.63) is 64.7 Å². The Balaban J connectivity index is 1.96. The van der Waals surface area contributed by atoms with E-state index in [1.54, 1.807) is 0 Å². The van der Waals surface area contributed by atoms with Crippen molar-refractivity contribution in [2.75, 3.05) is 7.05 Å². The Bertz CT molecular complexity index is 496. The second kappa shape index (κ2) is 6.43.